The van der Waals surface area contributed by atoms with Gasteiger partial charge < -0.3 is 15.4 Å². The van der Waals surface area contributed by atoms with E-state index in [1.807, 2.05) is 23.6 Å². The van der Waals surface area contributed by atoms with Gasteiger partial charge in [0.2, 0.25) is 5.91 Å². The van der Waals surface area contributed by atoms with E-state index in [0.29, 0.717) is 34.4 Å². The van der Waals surface area contributed by atoms with Gasteiger partial charge in [-0.05, 0) is 48.7 Å². The SMILES string of the molecule is CCCCCc1ccc(S(=O)(=O)Nc2cc(-c3csc(NC(=O)CN4CCNCC4)n3)ccc2OC)cc1. The number of amides is 1. The van der Waals surface area contributed by atoms with Gasteiger partial charge in [0.05, 0.1) is 29.9 Å². The van der Waals surface area contributed by atoms with Crippen molar-refractivity contribution in [2.45, 2.75) is 37.5 Å². The van der Waals surface area contributed by atoms with E-state index in [1.165, 1.54) is 18.4 Å². The van der Waals surface area contributed by atoms with Crippen molar-refractivity contribution in [2.75, 3.05) is 49.9 Å². The van der Waals surface area contributed by atoms with E-state index >= 15 is 0 Å². The van der Waals surface area contributed by atoms with E-state index < -0.39 is 10.0 Å². The van der Waals surface area contributed by atoms with Gasteiger partial charge in [-0.2, -0.15) is 0 Å². The molecule has 1 aliphatic heterocycles. The van der Waals surface area contributed by atoms with Gasteiger partial charge in [-0.25, -0.2) is 13.4 Å². The molecule has 3 aromatic rings. The quantitative estimate of drug-likeness (QED) is 0.286. The highest BCUT2D eigenvalue weighted by Crippen LogP contribution is 2.33. The molecule has 1 fully saturated rings. The number of piperazine rings is 1. The largest absolute Gasteiger partial charge is 0.495 e. The summed E-state index contributed by atoms with van der Waals surface area (Å²) in [5, 5.41) is 8.47. The molecule has 204 valence electrons. The predicted octanol–water partition coefficient (Wildman–Crippen LogP) is 4.20. The second kappa shape index (κ2) is 13.2. The average Bonchev–Trinajstić information content (AvgIpc) is 3.38. The fourth-order valence-corrected chi connectivity index (χ4v) is 6.06. The van der Waals surface area contributed by atoms with Crippen LogP contribution in [-0.4, -0.2) is 64.0 Å². The molecule has 1 saturated heterocycles. The summed E-state index contributed by atoms with van der Waals surface area (Å²) >= 11 is 1.32. The molecule has 0 unspecified atom stereocenters. The van der Waals surface area contributed by atoms with Crippen LogP contribution in [0.15, 0.2) is 52.7 Å². The third kappa shape index (κ3) is 7.53. The van der Waals surface area contributed by atoms with Crippen LogP contribution < -0.4 is 20.1 Å². The number of aromatic nitrogens is 1. The maximum Gasteiger partial charge on any atom is 0.262 e. The number of nitrogens with zero attached hydrogens (tertiary/aromatic N) is 2. The van der Waals surface area contributed by atoms with Gasteiger partial charge in [0.15, 0.2) is 5.13 Å². The van der Waals surface area contributed by atoms with Gasteiger partial charge in [-0.15, -0.1) is 11.3 Å². The highest BCUT2D eigenvalue weighted by molar-refractivity contribution is 7.92. The number of nitrogens with one attached hydrogen (secondary N) is 3. The van der Waals surface area contributed by atoms with E-state index in [4.69, 9.17) is 4.74 Å². The van der Waals surface area contributed by atoms with Crippen molar-refractivity contribution in [2.24, 2.45) is 0 Å². The number of carbonyl (C=O) groups is 1. The molecule has 3 N–H and O–H groups in total. The molecule has 1 aromatic heterocycles. The first kappa shape index (κ1) is 28.0. The van der Waals surface area contributed by atoms with Crippen molar-refractivity contribution < 1.29 is 17.9 Å². The number of methoxy groups -OCH3 is 1. The number of anilines is 2. The number of thiazole rings is 1. The fourth-order valence-electron chi connectivity index (χ4n) is 4.26. The van der Waals surface area contributed by atoms with Crippen molar-refractivity contribution >= 4 is 38.1 Å². The molecule has 0 spiro atoms. The number of sulfonamides is 1. The Morgan fingerprint density at radius 1 is 1.13 bits per heavy atom. The van der Waals surface area contributed by atoms with Crippen LogP contribution in [0.2, 0.25) is 0 Å². The minimum absolute atomic E-state index is 0.104. The minimum atomic E-state index is -3.83. The number of rotatable bonds is 12. The number of benzene rings is 2. The molecule has 9 nitrogen and oxygen atoms in total. The topological polar surface area (TPSA) is 113 Å². The summed E-state index contributed by atoms with van der Waals surface area (Å²) in [6.07, 6.45) is 4.32. The summed E-state index contributed by atoms with van der Waals surface area (Å²) in [5.74, 6) is 0.292. The summed E-state index contributed by atoms with van der Waals surface area (Å²) in [6, 6.07) is 12.2. The number of carbonyl (C=O) groups excluding carboxylic acids is 1. The Kier molecular flexibility index (Phi) is 9.73. The van der Waals surface area contributed by atoms with E-state index in [1.54, 1.807) is 24.3 Å². The highest BCUT2D eigenvalue weighted by Gasteiger charge is 2.19. The maximum absolute atomic E-state index is 13.1. The zero-order chi connectivity index (χ0) is 27.0. The van der Waals surface area contributed by atoms with Crippen LogP contribution in [0, 0.1) is 0 Å². The first-order valence-electron chi connectivity index (χ1n) is 12.9. The first-order chi connectivity index (χ1) is 18.4. The Balaban J connectivity index is 1.45. The standard InChI is InChI=1S/C27H35N5O4S2/c1-3-4-5-6-20-7-10-22(11-8-20)38(34,35)31-23-17-21(9-12-25(23)36-2)24-19-37-27(29-24)30-26(33)18-32-15-13-28-14-16-32/h7-12,17,19,28,31H,3-6,13-16,18H2,1-2H3,(H,29,30,33). The zero-order valence-corrected chi connectivity index (χ0v) is 23.5. The van der Waals surface area contributed by atoms with Crippen LogP contribution in [0.3, 0.4) is 0 Å². The summed E-state index contributed by atoms with van der Waals surface area (Å²) in [6.45, 7) is 5.91. The van der Waals surface area contributed by atoms with Crippen LogP contribution >= 0.6 is 11.3 Å². The monoisotopic (exact) mass is 557 g/mol. The minimum Gasteiger partial charge on any atom is -0.495 e. The third-order valence-electron chi connectivity index (χ3n) is 6.37. The molecule has 1 aliphatic rings. The Bertz CT molecular complexity index is 1320. The van der Waals surface area contributed by atoms with Crippen LogP contribution in [0.25, 0.3) is 11.3 Å². The van der Waals surface area contributed by atoms with Crippen molar-refractivity contribution in [3.8, 4) is 17.0 Å². The molecule has 0 saturated carbocycles. The molecule has 2 aromatic carbocycles. The molecular weight excluding hydrogens is 522 g/mol. The Hall–Kier alpha value is -2.99. The predicted molar refractivity (Wildman–Crippen MR) is 153 cm³/mol. The van der Waals surface area contributed by atoms with Gasteiger partial charge >= 0.3 is 0 Å². The highest BCUT2D eigenvalue weighted by atomic mass is 32.2. The zero-order valence-electron chi connectivity index (χ0n) is 21.8. The second-order valence-electron chi connectivity index (χ2n) is 9.23. The molecule has 0 radical (unpaired) electrons. The van der Waals surface area contributed by atoms with E-state index in [9.17, 15) is 13.2 Å². The number of unbranched alkanes of at least 4 members (excludes halogenated alkanes) is 2. The number of aryl methyl sites for hydroxylation is 1. The number of ether oxygens (including phenoxy) is 1. The van der Waals surface area contributed by atoms with Gasteiger partial charge in [0.25, 0.3) is 10.0 Å². The molecule has 0 aliphatic carbocycles. The van der Waals surface area contributed by atoms with Gasteiger partial charge in [0.1, 0.15) is 5.75 Å². The molecule has 38 heavy (non-hydrogen) atoms. The van der Waals surface area contributed by atoms with Gasteiger partial charge in [-0.1, -0.05) is 31.9 Å². The van der Waals surface area contributed by atoms with Crippen LogP contribution in [0.5, 0.6) is 5.75 Å². The lowest BCUT2D eigenvalue weighted by Gasteiger charge is -2.26. The normalized spacial score (nSPS) is 14.3. The summed E-state index contributed by atoms with van der Waals surface area (Å²) in [4.78, 5) is 19.3. The van der Waals surface area contributed by atoms with Gasteiger partial charge in [0, 0.05) is 37.1 Å². The lowest BCUT2D eigenvalue weighted by molar-refractivity contribution is -0.117. The lowest BCUT2D eigenvalue weighted by Crippen LogP contribution is -2.46. The van der Waals surface area contributed by atoms with Crippen molar-refractivity contribution in [3.05, 3.63) is 53.4 Å². The molecule has 11 heteroatoms. The molecule has 1 amide bonds. The summed E-state index contributed by atoms with van der Waals surface area (Å²) in [5.41, 5.74) is 2.77. The Labute approximate surface area is 228 Å². The maximum atomic E-state index is 13.1. The first-order valence-corrected chi connectivity index (χ1v) is 15.2. The van der Waals surface area contributed by atoms with Crippen molar-refractivity contribution in [1.82, 2.24) is 15.2 Å². The van der Waals surface area contributed by atoms with Crippen LogP contribution in [0.1, 0.15) is 31.7 Å². The Morgan fingerprint density at radius 3 is 2.61 bits per heavy atom. The number of hydrogen-bond donors (Lipinski definition) is 3. The van der Waals surface area contributed by atoms with E-state index in [2.05, 4.69) is 32.2 Å². The molecule has 2 heterocycles. The van der Waals surface area contributed by atoms with E-state index in [-0.39, 0.29) is 10.8 Å². The second-order valence-corrected chi connectivity index (χ2v) is 11.8. The third-order valence-corrected chi connectivity index (χ3v) is 8.51. The molecule has 0 atom stereocenters. The molecule has 4 rings (SSSR count). The average molecular weight is 558 g/mol. The Morgan fingerprint density at radius 2 is 1.89 bits per heavy atom. The summed E-state index contributed by atoms with van der Waals surface area (Å²) in [7, 11) is -2.33. The van der Waals surface area contributed by atoms with E-state index in [0.717, 1.165) is 57.4 Å². The van der Waals surface area contributed by atoms with Crippen molar-refractivity contribution in [1.29, 1.82) is 0 Å². The van der Waals surface area contributed by atoms with Gasteiger partial charge in [-0.3, -0.25) is 14.4 Å². The molecule has 0 bridgehead atoms. The van der Waals surface area contributed by atoms with Crippen molar-refractivity contribution in [3.63, 3.8) is 0 Å². The van der Waals surface area contributed by atoms with Crippen LogP contribution in [0.4, 0.5) is 10.8 Å². The number of hydrogen-bond acceptors (Lipinski definition) is 8. The smallest absolute Gasteiger partial charge is 0.262 e. The fraction of sp³-hybridized carbons (Fsp3) is 0.407. The molecular formula is C27H35N5O4S2. The van der Waals surface area contributed by atoms with Crippen LogP contribution in [-0.2, 0) is 21.2 Å². The lowest BCUT2D eigenvalue weighted by atomic mass is 10.1. The summed E-state index contributed by atoms with van der Waals surface area (Å²) < 4.78 is 34.4.